The second kappa shape index (κ2) is 9.18. The molecule has 0 saturated carbocycles. The first-order valence-electron chi connectivity index (χ1n) is 7.98. The average Bonchev–Trinajstić information content (AvgIpc) is 2.66. The quantitative estimate of drug-likeness (QED) is 0.418. The summed E-state index contributed by atoms with van der Waals surface area (Å²) in [5.41, 5.74) is 4.13. The lowest BCUT2D eigenvalue weighted by molar-refractivity contribution is -0.385. The topological polar surface area (TPSA) is 115 Å². The van der Waals surface area contributed by atoms with Gasteiger partial charge in [-0.05, 0) is 24.6 Å². The normalized spacial score (nSPS) is 10.5. The number of methoxy groups -OCH3 is 2. The van der Waals surface area contributed by atoms with Crippen LogP contribution in [0.1, 0.15) is 11.1 Å². The highest BCUT2D eigenvalue weighted by atomic mass is 16.6. The van der Waals surface area contributed by atoms with Crippen LogP contribution in [-0.4, -0.2) is 37.8 Å². The molecule has 9 heteroatoms. The van der Waals surface area contributed by atoms with Gasteiger partial charge in [0.2, 0.25) is 0 Å². The second-order valence-electron chi connectivity index (χ2n) is 5.48. The van der Waals surface area contributed by atoms with Crippen LogP contribution in [0.2, 0.25) is 0 Å². The standard InChI is InChI=1S/C18H20N4O5/c1-12-6-4-5-7-14(12)19-11-18(23)21-20-10-13-8-16(26-2)17(27-3)9-15(13)22(24)25/h4-10,19H,11H2,1-3H3,(H,21,23). The van der Waals surface area contributed by atoms with Crippen LogP contribution in [0.15, 0.2) is 41.5 Å². The zero-order chi connectivity index (χ0) is 19.8. The molecule has 0 aromatic heterocycles. The molecule has 0 radical (unpaired) electrons. The number of benzene rings is 2. The van der Waals surface area contributed by atoms with Crippen LogP contribution in [0.25, 0.3) is 0 Å². The van der Waals surface area contributed by atoms with Crippen molar-refractivity contribution in [1.82, 2.24) is 5.43 Å². The number of nitrogens with one attached hydrogen (secondary N) is 2. The molecule has 2 aromatic carbocycles. The van der Waals surface area contributed by atoms with Crippen molar-refractivity contribution < 1.29 is 19.2 Å². The van der Waals surface area contributed by atoms with E-state index in [1.807, 2.05) is 31.2 Å². The molecule has 1 amide bonds. The third-order valence-electron chi connectivity index (χ3n) is 3.71. The van der Waals surface area contributed by atoms with E-state index in [1.165, 1.54) is 32.6 Å². The first-order chi connectivity index (χ1) is 13.0. The van der Waals surface area contributed by atoms with E-state index in [1.54, 1.807) is 0 Å². The number of aryl methyl sites for hydroxylation is 1. The van der Waals surface area contributed by atoms with Crippen LogP contribution in [-0.2, 0) is 4.79 Å². The maximum atomic E-state index is 11.9. The zero-order valence-electron chi connectivity index (χ0n) is 15.2. The molecule has 142 valence electrons. The third kappa shape index (κ3) is 5.18. The molecule has 2 rings (SSSR count). The van der Waals surface area contributed by atoms with Gasteiger partial charge in [0.25, 0.3) is 11.6 Å². The van der Waals surface area contributed by atoms with Crippen LogP contribution >= 0.6 is 0 Å². The number of hydrogen-bond donors (Lipinski definition) is 2. The molecule has 0 fully saturated rings. The summed E-state index contributed by atoms with van der Waals surface area (Å²) in [5, 5.41) is 18.0. The summed E-state index contributed by atoms with van der Waals surface area (Å²) < 4.78 is 10.2. The molecule has 0 aliphatic heterocycles. The number of hydrazone groups is 1. The number of nitrogens with zero attached hydrogens (tertiary/aromatic N) is 2. The van der Waals surface area contributed by atoms with Gasteiger partial charge in [0.1, 0.15) is 0 Å². The van der Waals surface area contributed by atoms with Crippen molar-refractivity contribution in [1.29, 1.82) is 0 Å². The minimum atomic E-state index is -0.565. The summed E-state index contributed by atoms with van der Waals surface area (Å²) in [7, 11) is 2.81. The molecule has 9 nitrogen and oxygen atoms in total. The number of carbonyl (C=O) groups is 1. The lowest BCUT2D eigenvalue weighted by Gasteiger charge is -2.09. The number of ether oxygens (including phenoxy) is 2. The molecule has 2 aromatic rings. The van der Waals surface area contributed by atoms with Gasteiger partial charge in [0, 0.05) is 5.69 Å². The van der Waals surface area contributed by atoms with E-state index in [0.717, 1.165) is 11.3 Å². The fourth-order valence-electron chi connectivity index (χ4n) is 2.31. The Morgan fingerprint density at radius 1 is 1.22 bits per heavy atom. The van der Waals surface area contributed by atoms with E-state index < -0.39 is 10.8 Å². The van der Waals surface area contributed by atoms with Crippen molar-refractivity contribution in [2.45, 2.75) is 6.92 Å². The van der Waals surface area contributed by atoms with Gasteiger partial charge in [-0.15, -0.1) is 0 Å². The summed E-state index contributed by atoms with van der Waals surface area (Å²) in [6.07, 6.45) is 1.19. The van der Waals surface area contributed by atoms with Crippen molar-refractivity contribution >= 4 is 23.5 Å². The van der Waals surface area contributed by atoms with Gasteiger partial charge < -0.3 is 14.8 Å². The molecular formula is C18H20N4O5. The Hall–Kier alpha value is -3.62. The van der Waals surface area contributed by atoms with E-state index in [-0.39, 0.29) is 23.5 Å². The Bertz CT molecular complexity index is 867. The minimum absolute atomic E-state index is 0.0101. The molecule has 0 atom stereocenters. The Labute approximate surface area is 156 Å². The largest absolute Gasteiger partial charge is 0.493 e. The monoisotopic (exact) mass is 372 g/mol. The van der Waals surface area contributed by atoms with E-state index in [4.69, 9.17) is 9.47 Å². The van der Waals surface area contributed by atoms with Crippen molar-refractivity contribution in [2.24, 2.45) is 5.10 Å². The maximum Gasteiger partial charge on any atom is 0.282 e. The first kappa shape index (κ1) is 19.7. The number of hydrogen-bond acceptors (Lipinski definition) is 7. The lowest BCUT2D eigenvalue weighted by Crippen LogP contribution is -2.26. The fraction of sp³-hybridized carbons (Fsp3) is 0.222. The third-order valence-corrected chi connectivity index (χ3v) is 3.71. The molecule has 0 saturated heterocycles. The number of amides is 1. The Morgan fingerprint density at radius 3 is 2.52 bits per heavy atom. The van der Waals surface area contributed by atoms with Crippen LogP contribution in [0, 0.1) is 17.0 Å². The molecular weight excluding hydrogens is 352 g/mol. The lowest BCUT2D eigenvalue weighted by atomic mass is 10.1. The molecule has 2 N–H and O–H groups in total. The number of nitro groups is 1. The van der Waals surface area contributed by atoms with Gasteiger partial charge in [-0.25, -0.2) is 5.43 Å². The minimum Gasteiger partial charge on any atom is -0.493 e. The Balaban J connectivity index is 2.05. The van der Waals surface area contributed by atoms with E-state index in [2.05, 4.69) is 15.8 Å². The van der Waals surface area contributed by atoms with Crippen LogP contribution < -0.4 is 20.2 Å². The van der Waals surface area contributed by atoms with Gasteiger partial charge in [-0.1, -0.05) is 18.2 Å². The molecule has 27 heavy (non-hydrogen) atoms. The number of rotatable bonds is 8. The Morgan fingerprint density at radius 2 is 1.89 bits per heavy atom. The fourth-order valence-corrected chi connectivity index (χ4v) is 2.31. The van der Waals surface area contributed by atoms with Gasteiger partial charge in [0.15, 0.2) is 11.5 Å². The first-order valence-corrected chi connectivity index (χ1v) is 7.98. The van der Waals surface area contributed by atoms with Gasteiger partial charge in [-0.2, -0.15) is 5.10 Å². The number of para-hydroxylation sites is 1. The van der Waals surface area contributed by atoms with Crippen molar-refractivity contribution in [3.8, 4) is 11.5 Å². The predicted octanol–water partition coefficient (Wildman–Crippen LogP) is 2.48. The van der Waals surface area contributed by atoms with E-state index in [9.17, 15) is 14.9 Å². The van der Waals surface area contributed by atoms with Crippen molar-refractivity contribution in [3.63, 3.8) is 0 Å². The van der Waals surface area contributed by atoms with Gasteiger partial charge >= 0.3 is 0 Å². The molecule has 0 spiro atoms. The molecule has 0 heterocycles. The van der Waals surface area contributed by atoms with Crippen LogP contribution in [0.5, 0.6) is 11.5 Å². The summed E-state index contributed by atoms with van der Waals surface area (Å²) in [5.74, 6) is 0.155. The maximum absolute atomic E-state index is 11.9. The summed E-state index contributed by atoms with van der Waals surface area (Å²) in [4.78, 5) is 22.6. The highest BCUT2D eigenvalue weighted by molar-refractivity contribution is 5.88. The second-order valence-corrected chi connectivity index (χ2v) is 5.48. The van der Waals surface area contributed by atoms with E-state index >= 15 is 0 Å². The number of anilines is 1. The number of carbonyl (C=O) groups excluding carboxylic acids is 1. The molecule has 0 bridgehead atoms. The highest BCUT2D eigenvalue weighted by Crippen LogP contribution is 2.33. The average molecular weight is 372 g/mol. The van der Waals surface area contributed by atoms with Crippen molar-refractivity contribution in [3.05, 3.63) is 57.6 Å². The summed E-state index contributed by atoms with van der Waals surface area (Å²) in [6.45, 7) is 1.94. The summed E-state index contributed by atoms with van der Waals surface area (Å²) >= 11 is 0. The zero-order valence-corrected chi connectivity index (χ0v) is 15.2. The van der Waals surface area contributed by atoms with E-state index in [0.29, 0.717) is 5.75 Å². The van der Waals surface area contributed by atoms with Crippen LogP contribution in [0.4, 0.5) is 11.4 Å². The number of nitro benzene ring substituents is 1. The molecule has 0 aliphatic carbocycles. The predicted molar refractivity (Wildman–Crippen MR) is 102 cm³/mol. The van der Waals surface area contributed by atoms with Crippen LogP contribution in [0.3, 0.4) is 0 Å². The molecule has 0 unspecified atom stereocenters. The SMILES string of the molecule is COc1cc(C=NNC(=O)CNc2ccccc2C)c([N+](=O)[O-])cc1OC. The molecule has 0 aliphatic rings. The van der Waals surface area contributed by atoms with Gasteiger partial charge in [-0.3, -0.25) is 14.9 Å². The van der Waals surface area contributed by atoms with Crippen molar-refractivity contribution in [2.75, 3.05) is 26.1 Å². The highest BCUT2D eigenvalue weighted by Gasteiger charge is 2.18. The Kier molecular flexibility index (Phi) is 6.70. The van der Waals surface area contributed by atoms with Gasteiger partial charge in [0.05, 0.1) is 43.5 Å². The summed E-state index contributed by atoms with van der Waals surface area (Å²) in [6, 6.07) is 10.2. The smallest absolute Gasteiger partial charge is 0.282 e.